The van der Waals surface area contributed by atoms with E-state index in [-0.39, 0.29) is 12.0 Å². The first kappa shape index (κ1) is 24.5. The van der Waals surface area contributed by atoms with Crippen molar-refractivity contribution in [2.24, 2.45) is 0 Å². The number of carbonyl (C=O) groups excluding carboxylic acids is 1. The first-order chi connectivity index (χ1) is 16.5. The summed E-state index contributed by atoms with van der Waals surface area (Å²) in [5, 5.41) is 0. The second-order valence-corrected chi connectivity index (χ2v) is 9.58. The highest BCUT2D eigenvalue weighted by atomic mass is 79.9. The molecular formula is C28H31BrN2O3. The molecule has 1 fully saturated rings. The number of hydrogen-bond acceptors (Lipinski definition) is 4. The Labute approximate surface area is 210 Å². The van der Waals surface area contributed by atoms with Crippen molar-refractivity contribution in [1.29, 1.82) is 0 Å². The van der Waals surface area contributed by atoms with Gasteiger partial charge in [-0.05, 0) is 54.4 Å². The van der Waals surface area contributed by atoms with Crippen LogP contribution in [0.5, 0.6) is 5.75 Å². The van der Waals surface area contributed by atoms with Crippen molar-refractivity contribution in [1.82, 2.24) is 9.80 Å². The van der Waals surface area contributed by atoms with E-state index in [1.165, 1.54) is 5.56 Å². The van der Waals surface area contributed by atoms with Crippen LogP contribution in [0.4, 0.5) is 0 Å². The third-order valence-electron chi connectivity index (χ3n) is 6.21. The molecule has 178 valence electrons. The zero-order chi connectivity index (χ0) is 23.9. The molecule has 5 nitrogen and oxygen atoms in total. The molecule has 1 atom stereocenters. The van der Waals surface area contributed by atoms with Crippen LogP contribution in [-0.4, -0.2) is 55.5 Å². The first-order valence-corrected chi connectivity index (χ1v) is 12.4. The number of amides is 1. The number of carbonyl (C=O) groups is 1. The summed E-state index contributed by atoms with van der Waals surface area (Å²) in [5.41, 5.74) is 4.22. The Morgan fingerprint density at radius 2 is 1.68 bits per heavy atom. The summed E-state index contributed by atoms with van der Waals surface area (Å²) in [6.45, 7) is 6.44. The fourth-order valence-electron chi connectivity index (χ4n) is 4.12. The van der Waals surface area contributed by atoms with Crippen LogP contribution in [0.25, 0.3) is 0 Å². The molecule has 1 heterocycles. The van der Waals surface area contributed by atoms with Crippen LogP contribution in [0.15, 0.2) is 77.3 Å². The number of methoxy groups -OCH3 is 1. The summed E-state index contributed by atoms with van der Waals surface area (Å²) in [7, 11) is 1.68. The largest absolute Gasteiger partial charge is 0.497 e. The molecule has 0 bridgehead atoms. The number of halogens is 1. The number of hydrogen-bond donors (Lipinski definition) is 0. The van der Waals surface area contributed by atoms with E-state index in [0.717, 1.165) is 46.5 Å². The van der Waals surface area contributed by atoms with Gasteiger partial charge in [-0.15, -0.1) is 0 Å². The second kappa shape index (κ2) is 11.6. The van der Waals surface area contributed by atoms with Gasteiger partial charge in [0.1, 0.15) is 5.75 Å². The van der Waals surface area contributed by atoms with Crippen LogP contribution in [0, 0.1) is 6.92 Å². The Hall–Kier alpha value is -2.67. The van der Waals surface area contributed by atoms with Gasteiger partial charge in [0.2, 0.25) is 0 Å². The normalized spacial score (nSPS) is 15.2. The van der Waals surface area contributed by atoms with Gasteiger partial charge in [-0.25, -0.2) is 0 Å². The molecule has 0 unspecified atom stereocenters. The zero-order valence-corrected chi connectivity index (χ0v) is 21.3. The summed E-state index contributed by atoms with van der Waals surface area (Å²) in [4.78, 5) is 17.2. The lowest BCUT2D eigenvalue weighted by Gasteiger charge is -2.36. The third-order valence-corrected chi connectivity index (χ3v) is 6.74. The summed E-state index contributed by atoms with van der Waals surface area (Å²) < 4.78 is 12.8. The van der Waals surface area contributed by atoms with Crippen molar-refractivity contribution in [3.05, 3.63) is 99.5 Å². The summed E-state index contributed by atoms with van der Waals surface area (Å²) >= 11 is 3.43. The Balaban J connectivity index is 1.40. The maximum Gasteiger partial charge on any atom is 0.253 e. The monoisotopic (exact) mass is 522 g/mol. The lowest BCUT2D eigenvalue weighted by Crippen LogP contribution is -2.49. The van der Waals surface area contributed by atoms with Crippen LogP contribution in [0.1, 0.15) is 33.2 Å². The van der Waals surface area contributed by atoms with Gasteiger partial charge >= 0.3 is 0 Å². The Kier molecular flexibility index (Phi) is 8.38. The van der Waals surface area contributed by atoms with Crippen LogP contribution in [0.3, 0.4) is 0 Å². The van der Waals surface area contributed by atoms with Crippen LogP contribution >= 0.6 is 15.9 Å². The van der Waals surface area contributed by atoms with Gasteiger partial charge < -0.3 is 14.4 Å². The predicted molar refractivity (Wildman–Crippen MR) is 138 cm³/mol. The van der Waals surface area contributed by atoms with Gasteiger partial charge in [0.15, 0.2) is 0 Å². The standard InChI is InChI=1S/C28H31BrN2O3/c1-21-6-8-22(9-7-21)20-34-27(24-4-3-5-26(18-24)33-2)19-30-14-16-31(17-15-30)28(32)23-10-12-25(29)13-11-23/h3-13,18,27H,14-17,19-20H2,1-2H3/t27-/m0/s1. The number of rotatable bonds is 8. The Bertz CT molecular complexity index is 1080. The molecular weight excluding hydrogens is 492 g/mol. The first-order valence-electron chi connectivity index (χ1n) is 11.6. The maximum atomic E-state index is 12.9. The predicted octanol–water partition coefficient (Wildman–Crippen LogP) is 5.48. The molecule has 0 radical (unpaired) electrons. The molecule has 4 rings (SSSR count). The molecule has 1 saturated heterocycles. The third kappa shape index (κ3) is 6.47. The molecule has 0 saturated carbocycles. The molecule has 6 heteroatoms. The number of ether oxygens (including phenoxy) is 2. The number of piperazine rings is 1. The highest BCUT2D eigenvalue weighted by Crippen LogP contribution is 2.25. The fraction of sp³-hybridized carbons (Fsp3) is 0.321. The minimum Gasteiger partial charge on any atom is -0.497 e. The molecule has 1 aliphatic heterocycles. The van der Waals surface area contributed by atoms with E-state index in [0.29, 0.717) is 19.7 Å². The van der Waals surface area contributed by atoms with E-state index in [4.69, 9.17) is 9.47 Å². The SMILES string of the molecule is COc1cccc([C@H](CN2CCN(C(=O)c3ccc(Br)cc3)CC2)OCc2ccc(C)cc2)c1. The molecule has 3 aromatic carbocycles. The minimum absolute atomic E-state index is 0.0899. The van der Waals surface area contributed by atoms with Crippen molar-refractivity contribution in [2.75, 3.05) is 39.8 Å². The van der Waals surface area contributed by atoms with E-state index in [1.54, 1.807) is 7.11 Å². The summed E-state index contributed by atoms with van der Waals surface area (Å²) in [6, 6.07) is 24.1. The van der Waals surface area contributed by atoms with Gasteiger partial charge in [-0.3, -0.25) is 9.69 Å². The van der Waals surface area contributed by atoms with E-state index >= 15 is 0 Å². The number of aryl methyl sites for hydroxylation is 1. The fourth-order valence-corrected chi connectivity index (χ4v) is 4.38. The van der Waals surface area contributed by atoms with E-state index in [2.05, 4.69) is 58.1 Å². The second-order valence-electron chi connectivity index (χ2n) is 8.66. The van der Waals surface area contributed by atoms with Gasteiger partial charge in [0.25, 0.3) is 5.91 Å². The smallest absolute Gasteiger partial charge is 0.253 e. The van der Waals surface area contributed by atoms with Crippen LogP contribution in [-0.2, 0) is 11.3 Å². The van der Waals surface area contributed by atoms with Gasteiger partial charge in [-0.1, -0.05) is 57.9 Å². The highest BCUT2D eigenvalue weighted by Gasteiger charge is 2.25. The molecule has 1 amide bonds. The topological polar surface area (TPSA) is 42.0 Å². The molecule has 34 heavy (non-hydrogen) atoms. The Morgan fingerprint density at radius 3 is 2.35 bits per heavy atom. The lowest BCUT2D eigenvalue weighted by molar-refractivity contribution is 0.00333. The van der Waals surface area contributed by atoms with Crippen molar-refractivity contribution >= 4 is 21.8 Å². The Morgan fingerprint density at radius 1 is 0.971 bits per heavy atom. The van der Waals surface area contributed by atoms with E-state index in [9.17, 15) is 4.79 Å². The summed E-state index contributed by atoms with van der Waals surface area (Å²) in [6.07, 6.45) is -0.0925. The van der Waals surface area contributed by atoms with Crippen LogP contribution in [0.2, 0.25) is 0 Å². The average Bonchev–Trinajstić information content (AvgIpc) is 2.88. The molecule has 0 spiro atoms. The van der Waals surface area contributed by atoms with Crippen molar-refractivity contribution in [2.45, 2.75) is 19.6 Å². The molecule has 0 aromatic heterocycles. The van der Waals surface area contributed by atoms with E-state index in [1.807, 2.05) is 47.4 Å². The van der Waals surface area contributed by atoms with Crippen molar-refractivity contribution in [3.63, 3.8) is 0 Å². The summed E-state index contributed by atoms with van der Waals surface area (Å²) in [5.74, 6) is 0.915. The minimum atomic E-state index is -0.0925. The molecule has 0 N–H and O–H groups in total. The van der Waals surface area contributed by atoms with Crippen molar-refractivity contribution in [3.8, 4) is 5.75 Å². The quantitative estimate of drug-likeness (QED) is 0.392. The van der Waals surface area contributed by atoms with Crippen LogP contribution < -0.4 is 4.74 Å². The number of nitrogens with zero attached hydrogens (tertiary/aromatic N) is 2. The van der Waals surface area contributed by atoms with E-state index < -0.39 is 0 Å². The van der Waals surface area contributed by atoms with Gasteiger partial charge in [-0.2, -0.15) is 0 Å². The van der Waals surface area contributed by atoms with Gasteiger partial charge in [0, 0.05) is 42.8 Å². The highest BCUT2D eigenvalue weighted by molar-refractivity contribution is 9.10. The lowest BCUT2D eigenvalue weighted by atomic mass is 10.1. The maximum absolute atomic E-state index is 12.9. The molecule has 1 aliphatic rings. The average molecular weight is 523 g/mol. The molecule has 3 aromatic rings. The van der Waals surface area contributed by atoms with Crippen molar-refractivity contribution < 1.29 is 14.3 Å². The van der Waals surface area contributed by atoms with Gasteiger partial charge in [0.05, 0.1) is 19.8 Å². The number of benzene rings is 3. The zero-order valence-electron chi connectivity index (χ0n) is 19.7. The molecule has 0 aliphatic carbocycles.